The highest BCUT2D eigenvalue weighted by Crippen LogP contribution is 2.13. The number of amides is 1. The van der Waals surface area contributed by atoms with E-state index in [4.69, 9.17) is 4.42 Å². The van der Waals surface area contributed by atoms with Crippen molar-refractivity contribution in [2.45, 2.75) is 43.7 Å². The number of carbonyl (C=O) groups excluding carboxylic acids is 1. The summed E-state index contributed by atoms with van der Waals surface area (Å²) in [5, 5.41) is 12.0. The van der Waals surface area contributed by atoms with Gasteiger partial charge in [0.05, 0.1) is 0 Å². The fourth-order valence-electron chi connectivity index (χ4n) is 2.87. The topological polar surface area (TPSA) is 85.8 Å². The lowest BCUT2D eigenvalue weighted by Gasteiger charge is -2.04. The minimum atomic E-state index is -0.00643. The van der Waals surface area contributed by atoms with Crippen molar-refractivity contribution in [2.75, 3.05) is 12.3 Å². The van der Waals surface area contributed by atoms with Gasteiger partial charge in [-0.25, -0.2) is 4.98 Å². The molecule has 0 bridgehead atoms. The molecule has 0 unspecified atom stereocenters. The third kappa shape index (κ3) is 7.38. The predicted octanol–water partition coefficient (Wildman–Crippen LogP) is 3.21. The molecule has 0 spiro atoms. The number of aromatic nitrogens is 4. The minimum Gasteiger partial charge on any atom is -0.425 e. The van der Waals surface area contributed by atoms with Crippen molar-refractivity contribution >= 4 is 17.7 Å². The van der Waals surface area contributed by atoms with E-state index in [1.165, 1.54) is 5.56 Å². The third-order valence-corrected chi connectivity index (χ3v) is 5.52. The van der Waals surface area contributed by atoms with Gasteiger partial charge in [0.25, 0.3) is 0 Å². The molecule has 29 heavy (non-hydrogen) atoms. The zero-order valence-corrected chi connectivity index (χ0v) is 17.5. The monoisotopic (exact) mass is 413 g/mol. The molecule has 0 aliphatic rings. The number of imidazole rings is 1. The van der Waals surface area contributed by atoms with E-state index in [2.05, 4.69) is 44.8 Å². The molecule has 0 fully saturated rings. The van der Waals surface area contributed by atoms with E-state index < -0.39 is 0 Å². The fourth-order valence-corrected chi connectivity index (χ4v) is 3.66. The Labute approximate surface area is 175 Å². The Hall–Kier alpha value is -2.61. The second-order valence-corrected chi connectivity index (χ2v) is 7.86. The Bertz CT molecular complexity index is 878. The van der Waals surface area contributed by atoms with Crippen LogP contribution in [0.1, 0.15) is 36.6 Å². The van der Waals surface area contributed by atoms with Gasteiger partial charge in [0.1, 0.15) is 0 Å². The molecule has 0 atom stereocenters. The number of rotatable bonds is 12. The number of benzene rings is 1. The molecule has 3 rings (SSSR count). The van der Waals surface area contributed by atoms with Crippen LogP contribution in [-0.4, -0.2) is 38.0 Å². The van der Waals surface area contributed by atoms with Crippen LogP contribution in [0.25, 0.3) is 0 Å². The van der Waals surface area contributed by atoms with E-state index in [1.54, 1.807) is 18.0 Å². The number of unbranched alkanes of at least 4 members (excludes halogenated alkanes) is 1. The smallest absolute Gasteiger partial charge is 0.220 e. The molecule has 1 amide bonds. The summed E-state index contributed by atoms with van der Waals surface area (Å²) in [4.78, 5) is 16.2. The van der Waals surface area contributed by atoms with E-state index in [1.807, 2.05) is 23.9 Å². The first-order valence-corrected chi connectivity index (χ1v) is 10.9. The van der Waals surface area contributed by atoms with E-state index in [0.717, 1.165) is 36.6 Å². The summed E-state index contributed by atoms with van der Waals surface area (Å²) in [6, 6.07) is 10.5. The molecule has 154 valence electrons. The Morgan fingerprint density at radius 2 is 1.86 bits per heavy atom. The Morgan fingerprint density at radius 1 is 1.10 bits per heavy atom. The van der Waals surface area contributed by atoms with Crippen molar-refractivity contribution in [2.24, 2.45) is 7.05 Å². The largest absolute Gasteiger partial charge is 0.425 e. The molecular weight excluding hydrogens is 386 g/mol. The molecular formula is C21H27N5O2S. The SMILES string of the molecule is Cn1ccnc1SCCNC(=O)CCc1nnc(CCCCc2ccccc2)o1. The van der Waals surface area contributed by atoms with E-state index in [-0.39, 0.29) is 5.91 Å². The summed E-state index contributed by atoms with van der Waals surface area (Å²) in [5.74, 6) is 1.96. The molecule has 0 aliphatic heterocycles. The van der Waals surface area contributed by atoms with Gasteiger partial charge in [0.15, 0.2) is 5.16 Å². The second kappa shape index (κ2) is 11.4. The van der Waals surface area contributed by atoms with Gasteiger partial charge in [-0.1, -0.05) is 42.1 Å². The van der Waals surface area contributed by atoms with Crippen molar-refractivity contribution < 1.29 is 9.21 Å². The van der Waals surface area contributed by atoms with Gasteiger partial charge in [-0.15, -0.1) is 10.2 Å². The summed E-state index contributed by atoms with van der Waals surface area (Å²) in [6.07, 6.45) is 8.41. The van der Waals surface area contributed by atoms with Crippen molar-refractivity contribution in [1.29, 1.82) is 0 Å². The molecule has 0 saturated heterocycles. The Balaban J connectivity index is 1.26. The molecule has 2 aromatic heterocycles. The van der Waals surface area contributed by atoms with Crippen molar-refractivity contribution in [3.63, 3.8) is 0 Å². The van der Waals surface area contributed by atoms with Crippen molar-refractivity contribution in [3.8, 4) is 0 Å². The van der Waals surface area contributed by atoms with Crippen LogP contribution in [-0.2, 0) is 31.1 Å². The lowest BCUT2D eigenvalue weighted by atomic mass is 10.1. The average Bonchev–Trinajstić information content (AvgIpc) is 3.36. The first kappa shape index (κ1) is 21.1. The zero-order chi connectivity index (χ0) is 20.3. The highest BCUT2D eigenvalue weighted by molar-refractivity contribution is 7.99. The van der Waals surface area contributed by atoms with E-state index in [0.29, 0.717) is 31.2 Å². The normalized spacial score (nSPS) is 10.9. The van der Waals surface area contributed by atoms with Crippen LogP contribution in [0.5, 0.6) is 0 Å². The van der Waals surface area contributed by atoms with Crippen LogP contribution < -0.4 is 5.32 Å². The molecule has 2 heterocycles. The van der Waals surface area contributed by atoms with Crippen molar-refractivity contribution in [1.82, 2.24) is 25.1 Å². The number of nitrogens with one attached hydrogen (secondary N) is 1. The predicted molar refractivity (Wildman–Crippen MR) is 113 cm³/mol. The number of carbonyl (C=O) groups is 1. The molecule has 0 saturated carbocycles. The van der Waals surface area contributed by atoms with Crippen molar-refractivity contribution in [3.05, 3.63) is 60.1 Å². The van der Waals surface area contributed by atoms with Crippen LogP contribution in [0, 0.1) is 0 Å². The van der Waals surface area contributed by atoms with Gasteiger partial charge in [-0.2, -0.15) is 0 Å². The molecule has 7 nitrogen and oxygen atoms in total. The highest BCUT2D eigenvalue weighted by Gasteiger charge is 2.09. The van der Waals surface area contributed by atoms with Gasteiger partial charge in [-0.3, -0.25) is 4.79 Å². The summed E-state index contributed by atoms with van der Waals surface area (Å²) in [7, 11) is 1.95. The zero-order valence-electron chi connectivity index (χ0n) is 16.7. The quantitative estimate of drug-likeness (QED) is 0.362. The third-order valence-electron chi connectivity index (χ3n) is 4.46. The van der Waals surface area contributed by atoms with Gasteiger partial charge >= 0.3 is 0 Å². The molecule has 0 aliphatic carbocycles. The lowest BCUT2D eigenvalue weighted by Crippen LogP contribution is -2.26. The lowest BCUT2D eigenvalue weighted by molar-refractivity contribution is -0.121. The fraction of sp³-hybridized carbons (Fsp3) is 0.429. The molecule has 1 aromatic carbocycles. The number of nitrogens with zero attached hydrogens (tertiary/aromatic N) is 4. The molecule has 8 heteroatoms. The van der Waals surface area contributed by atoms with Gasteiger partial charge in [0, 0.05) is 51.0 Å². The average molecular weight is 414 g/mol. The van der Waals surface area contributed by atoms with Gasteiger partial charge < -0.3 is 14.3 Å². The van der Waals surface area contributed by atoms with Gasteiger partial charge in [0.2, 0.25) is 17.7 Å². The number of aryl methyl sites for hydroxylation is 4. The summed E-state index contributed by atoms with van der Waals surface area (Å²) in [6.45, 7) is 0.604. The van der Waals surface area contributed by atoms with E-state index in [9.17, 15) is 4.79 Å². The van der Waals surface area contributed by atoms with Crippen LogP contribution in [0.3, 0.4) is 0 Å². The number of hydrogen-bond acceptors (Lipinski definition) is 6. The van der Waals surface area contributed by atoms with E-state index >= 15 is 0 Å². The maximum Gasteiger partial charge on any atom is 0.220 e. The summed E-state index contributed by atoms with van der Waals surface area (Å²) < 4.78 is 7.62. The molecule has 3 aromatic rings. The van der Waals surface area contributed by atoms with Crippen LogP contribution in [0.4, 0.5) is 0 Å². The van der Waals surface area contributed by atoms with Gasteiger partial charge in [-0.05, 0) is 24.8 Å². The van der Waals surface area contributed by atoms with Crippen LogP contribution >= 0.6 is 11.8 Å². The maximum atomic E-state index is 12.0. The number of thioether (sulfide) groups is 1. The van der Waals surface area contributed by atoms with Crippen LogP contribution in [0.15, 0.2) is 52.3 Å². The molecule has 1 N–H and O–H groups in total. The molecule has 0 radical (unpaired) electrons. The number of hydrogen-bond donors (Lipinski definition) is 1. The first-order valence-electron chi connectivity index (χ1n) is 9.92. The second-order valence-electron chi connectivity index (χ2n) is 6.80. The summed E-state index contributed by atoms with van der Waals surface area (Å²) >= 11 is 1.62. The Kier molecular flexibility index (Phi) is 8.30. The standard InChI is InChI=1S/C21H27N5O2S/c1-26-15-13-23-21(26)29-16-14-22-18(27)11-12-20-25-24-19(28-20)10-6-5-9-17-7-3-2-4-8-17/h2-4,7-8,13,15H,5-6,9-12,14,16H2,1H3,(H,22,27). The minimum absolute atomic E-state index is 0.00643. The summed E-state index contributed by atoms with van der Waals surface area (Å²) in [5.41, 5.74) is 1.35. The first-order chi connectivity index (χ1) is 14.2. The Morgan fingerprint density at radius 3 is 2.62 bits per heavy atom. The highest BCUT2D eigenvalue weighted by atomic mass is 32.2. The van der Waals surface area contributed by atoms with Crippen LogP contribution in [0.2, 0.25) is 0 Å². The maximum absolute atomic E-state index is 12.0.